The van der Waals surface area contributed by atoms with Crippen LogP contribution < -0.4 is 0 Å². The first-order valence-corrected chi connectivity index (χ1v) is 5.32. The summed E-state index contributed by atoms with van der Waals surface area (Å²) >= 11 is 0. The Morgan fingerprint density at radius 3 is 2.36 bits per heavy atom. The molecule has 0 spiro atoms. The highest BCUT2D eigenvalue weighted by Crippen LogP contribution is 2.20. The molecule has 0 heterocycles. The Kier molecular flexibility index (Phi) is 5.77. The Hall–Kier alpha value is -0.570. The molecule has 0 saturated carbocycles. The predicted octanol–water partition coefficient (Wildman–Crippen LogP) is 2.22. The highest BCUT2D eigenvalue weighted by Gasteiger charge is 2.26. The second-order valence-electron chi connectivity index (χ2n) is 4.60. The smallest absolute Gasteiger partial charge is 0.309 e. The summed E-state index contributed by atoms with van der Waals surface area (Å²) in [4.78, 5) is 13.0. The SMILES string of the molecule is CCCCN(C)CCC(C)(C)C(=O)O. The first-order valence-electron chi connectivity index (χ1n) is 5.32. The number of carboxylic acid groups (broad SMARTS) is 1. The minimum atomic E-state index is -0.707. The fourth-order valence-electron chi connectivity index (χ4n) is 1.12. The van der Waals surface area contributed by atoms with Crippen molar-refractivity contribution in [1.82, 2.24) is 4.90 Å². The van der Waals surface area contributed by atoms with Crippen molar-refractivity contribution in [2.45, 2.75) is 40.0 Å². The first kappa shape index (κ1) is 13.4. The molecule has 84 valence electrons. The average molecular weight is 201 g/mol. The van der Waals surface area contributed by atoms with Gasteiger partial charge in [0.05, 0.1) is 5.41 Å². The highest BCUT2D eigenvalue weighted by atomic mass is 16.4. The third-order valence-corrected chi connectivity index (χ3v) is 2.59. The van der Waals surface area contributed by atoms with Gasteiger partial charge in [-0.2, -0.15) is 0 Å². The third kappa shape index (κ3) is 5.22. The topological polar surface area (TPSA) is 40.5 Å². The standard InChI is InChI=1S/C11H23NO2/c1-5-6-8-12(4)9-7-11(2,3)10(13)14/h5-9H2,1-4H3,(H,13,14). The van der Waals surface area contributed by atoms with Crippen molar-refractivity contribution in [2.75, 3.05) is 20.1 Å². The normalized spacial score (nSPS) is 12.1. The Morgan fingerprint density at radius 2 is 1.93 bits per heavy atom. The Balaban J connectivity index is 3.75. The van der Waals surface area contributed by atoms with Crippen molar-refractivity contribution in [3.63, 3.8) is 0 Å². The lowest BCUT2D eigenvalue weighted by molar-refractivity contribution is -0.147. The lowest BCUT2D eigenvalue weighted by atomic mass is 9.89. The van der Waals surface area contributed by atoms with Crippen LogP contribution in [0.1, 0.15) is 40.0 Å². The zero-order valence-corrected chi connectivity index (χ0v) is 9.84. The summed E-state index contributed by atoms with van der Waals surface area (Å²) < 4.78 is 0. The van der Waals surface area contributed by atoms with E-state index >= 15 is 0 Å². The van der Waals surface area contributed by atoms with E-state index < -0.39 is 11.4 Å². The average Bonchev–Trinajstić information content (AvgIpc) is 2.11. The second kappa shape index (κ2) is 6.02. The van der Waals surface area contributed by atoms with Crippen LogP contribution in [0.25, 0.3) is 0 Å². The zero-order valence-electron chi connectivity index (χ0n) is 9.84. The van der Waals surface area contributed by atoms with Gasteiger partial charge in [-0.3, -0.25) is 4.79 Å². The molecule has 0 aliphatic rings. The first-order chi connectivity index (χ1) is 6.40. The maximum absolute atomic E-state index is 10.8. The van der Waals surface area contributed by atoms with Gasteiger partial charge in [0.15, 0.2) is 0 Å². The molecule has 0 bridgehead atoms. The van der Waals surface area contributed by atoms with Crippen molar-refractivity contribution >= 4 is 5.97 Å². The summed E-state index contributed by atoms with van der Waals surface area (Å²) in [5.41, 5.74) is -0.597. The molecular weight excluding hydrogens is 178 g/mol. The lowest BCUT2D eigenvalue weighted by Gasteiger charge is -2.23. The molecule has 0 amide bonds. The van der Waals surface area contributed by atoms with E-state index in [4.69, 9.17) is 5.11 Å². The summed E-state index contributed by atoms with van der Waals surface area (Å²) in [6.45, 7) is 7.65. The molecule has 0 aliphatic heterocycles. The number of rotatable bonds is 7. The molecular formula is C11H23NO2. The fraction of sp³-hybridized carbons (Fsp3) is 0.909. The van der Waals surface area contributed by atoms with Crippen LogP contribution in [0.4, 0.5) is 0 Å². The second-order valence-corrected chi connectivity index (χ2v) is 4.60. The zero-order chi connectivity index (χ0) is 11.2. The molecule has 0 radical (unpaired) electrons. The number of unbranched alkanes of at least 4 members (excludes halogenated alkanes) is 1. The Morgan fingerprint density at radius 1 is 1.36 bits per heavy atom. The monoisotopic (exact) mass is 201 g/mol. The number of aliphatic carboxylic acids is 1. The van der Waals surface area contributed by atoms with Gasteiger partial charge in [-0.25, -0.2) is 0 Å². The van der Waals surface area contributed by atoms with Crippen LogP contribution in [0.2, 0.25) is 0 Å². The van der Waals surface area contributed by atoms with E-state index in [0.717, 1.165) is 13.1 Å². The van der Waals surface area contributed by atoms with E-state index in [1.807, 2.05) is 7.05 Å². The van der Waals surface area contributed by atoms with Gasteiger partial charge in [0.25, 0.3) is 0 Å². The van der Waals surface area contributed by atoms with Crippen molar-refractivity contribution in [1.29, 1.82) is 0 Å². The van der Waals surface area contributed by atoms with Gasteiger partial charge >= 0.3 is 5.97 Å². The number of hydrogen-bond donors (Lipinski definition) is 1. The van der Waals surface area contributed by atoms with E-state index in [2.05, 4.69) is 11.8 Å². The summed E-state index contributed by atoms with van der Waals surface area (Å²) in [6, 6.07) is 0. The summed E-state index contributed by atoms with van der Waals surface area (Å²) in [5, 5.41) is 8.91. The van der Waals surface area contributed by atoms with Gasteiger partial charge < -0.3 is 10.0 Å². The third-order valence-electron chi connectivity index (χ3n) is 2.59. The molecule has 3 heteroatoms. The number of hydrogen-bond acceptors (Lipinski definition) is 2. The summed E-state index contributed by atoms with van der Waals surface area (Å²) in [7, 11) is 2.05. The minimum absolute atomic E-state index is 0.597. The van der Waals surface area contributed by atoms with Gasteiger partial charge in [-0.05, 0) is 46.8 Å². The molecule has 0 aromatic carbocycles. The molecule has 0 fully saturated rings. The quantitative estimate of drug-likeness (QED) is 0.686. The molecule has 0 atom stereocenters. The Labute approximate surface area is 87.1 Å². The van der Waals surface area contributed by atoms with Crippen LogP contribution in [0.3, 0.4) is 0 Å². The van der Waals surface area contributed by atoms with Gasteiger partial charge in [0, 0.05) is 0 Å². The summed E-state index contributed by atoms with van der Waals surface area (Å²) in [5.74, 6) is -0.707. The van der Waals surface area contributed by atoms with Gasteiger partial charge in [-0.1, -0.05) is 13.3 Å². The van der Waals surface area contributed by atoms with Crippen molar-refractivity contribution in [3.05, 3.63) is 0 Å². The maximum Gasteiger partial charge on any atom is 0.309 e. The Bertz CT molecular complexity index is 178. The highest BCUT2D eigenvalue weighted by molar-refractivity contribution is 5.73. The molecule has 0 rings (SSSR count). The van der Waals surface area contributed by atoms with Crippen molar-refractivity contribution in [3.8, 4) is 0 Å². The van der Waals surface area contributed by atoms with Crippen LogP contribution >= 0.6 is 0 Å². The largest absolute Gasteiger partial charge is 0.481 e. The van der Waals surface area contributed by atoms with Crippen molar-refractivity contribution in [2.24, 2.45) is 5.41 Å². The molecule has 0 aromatic rings. The van der Waals surface area contributed by atoms with Crippen LogP contribution in [-0.2, 0) is 4.79 Å². The van der Waals surface area contributed by atoms with Gasteiger partial charge in [-0.15, -0.1) is 0 Å². The number of carboxylic acids is 1. The predicted molar refractivity (Wildman–Crippen MR) is 58.4 cm³/mol. The molecule has 0 aliphatic carbocycles. The van der Waals surface area contributed by atoms with E-state index in [9.17, 15) is 4.79 Å². The molecule has 0 aromatic heterocycles. The van der Waals surface area contributed by atoms with E-state index in [-0.39, 0.29) is 0 Å². The maximum atomic E-state index is 10.8. The molecule has 0 unspecified atom stereocenters. The molecule has 0 saturated heterocycles. The van der Waals surface area contributed by atoms with Crippen LogP contribution in [-0.4, -0.2) is 36.1 Å². The van der Waals surface area contributed by atoms with Crippen molar-refractivity contribution < 1.29 is 9.90 Å². The van der Waals surface area contributed by atoms with E-state index in [1.165, 1.54) is 12.8 Å². The van der Waals surface area contributed by atoms with Crippen LogP contribution in [0.15, 0.2) is 0 Å². The van der Waals surface area contributed by atoms with Crippen LogP contribution in [0, 0.1) is 5.41 Å². The van der Waals surface area contributed by atoms with Gasteiger partial charge in [0.1, 0.15) is 0 Å². The number of carbonyl (C=O) groups is 1. The number of nitrogens with zero attached hydrogens (tertiary/aromatic N) is 1. The van der Waals surface area contributed by atoms with E-state index in [1.54, 1.807) is 13.8 Å². The van der Waals surface area contributed by atoms with Gasteiger partial charge in [0.2, 0.25) is 0 Å². The molecule has 1 N–H and O–H groups in total. The van der Waals surface area contributed by atoms with Crippen LogP contribution in [0.5, 0.6) is 0 Å². The van der Waals surface area contributed by atoms with E-state index in [0.29, 0.717) is 6.42 Å². The minimum Gasteiger partial charge on any atom is -0.481 e. The molecule has 3 nitrogen and oxygen atoms in total. The lowest BCUT2D eigenvalue weighted by Crippen LogP contribution is -2.30. The molecule has 14 heavy (non-hydrogen) atoms. The summed E-state index contributed by atoms with van der Waals surface area (Å²) in [6.07, 6.45) is 3.08. The fourth-order valence-corrected chi connectivity index (χ4v) is 1.12.